The molecule has 0 aliphatic carbocycles. The molecule has 1 aliphatic rings. The maximum atomic E-state index is 12.7. The molecule has 0 saturated carbocycles. The van der Waals surface area contributed by atoms with Crippen molar-refractivity contribution in [3.63, 3.8) is 0 Å². The van der Waals surface area contributed by atoms with Crippen molar-refractivity contribution in [3.8, 4) is 0 Å². The summed E-state index contributed by atoms with van der Waals surface area (Å²) in [7, 11) is 0. The van der Waals surface area contributed by atoms with Gasteiger partial charge in [-0.15, -0.1) is 0 Å². The number of alkyl halides is 3. The van der Waals surface area contributed by atoms with Gasteiger partial charge in [0.1, 0.15) is 0 Å². The summed E-state index contributed by atoms with van der Waals surface area (Å²) in [5.74, 6) is -1.03. The van der Waals surface area contributed by atoms with Crippen LogP contribution in [-0.4, -0.2) is 35.5 Å². The Labute approximate surface area is 150 Å². The van der Waals surface area contributed by atoms with Crippen molar-refractivity contribution in [3.05, 3.63) is 41.5 Å². The lowest BCUT2D eigenvalue weighted by atomic mass is 9.97. The molecule has 1 aromatic carbocycles. The fourth-order valence-electron chi connectivity index (χ4n) is 3.15. The van der Waals surface area contributed by atoms with Crippen molar-refractivity contribution in [1.82, 2.24) is 4.90 Å². The summed E-state index contributed by atoms with van der Waals surface area (Å²) in [5, 5.41) is 0. The van der Waals surface area contributed by atoms with Gasteiger partial charge in [-0.1, -0.05) is 12.1 Å². The first-order chi connectivity index (χ1) is 12.2. The maximum Gasteiger partial charge on any atom is 0.416 e. The number of carbonyl (C=O) groups is 2. The predicted octanol–water partition coefficient (Wildman–Crippen LogP) is 4.05. The molecule has 0 spiro atoms. The van der Waals surface area contributed by atoms with E-state index < -0.39 is 17.7 Å². The van der Waals surface area contributed by atoms with Crippen LogP contribution in [0.5, 0.6) is 0 Å². The van der Waals surface area contributed by atoms with Gasteiger partial charge < -0.3 is 9.64 Å². The van der Waals surface area contributed by atoms with E-state index in [2.05, 4.69) is 0 Å². The Morgan fingerprint density at radius 2 is 1.88 bits per heavy atom. The van der Waals surface area contributed by atoms with E-state index in [1.807, 2.05) is 13.8 Å². The van der Waals surface area contributed by atoms with Crippen molar-refractivity contribution in [2.75, 3.05) is 6.61 Å². The minimum Gasteiger partial charge on any atom is -0.452 e. The van der Waals surface area contributed by atoms with Crippen molar-refractivity contribution in [2.45, 2.75) is 51.4 Å². The zero-order valence-electron chi connectivity index (χ0n) is 14.8. The second-order valence-electron chi connectivity index (χ2n) is 6.49. The highest BCUT2D eigenvalue weighted by Crippen LogP contribution is 2.29. The fraction of sp³-hybridized carbons (Fsp3) is 0.474. The number of ether oxygens (including phenoxy) is 1. The third-order valence-electron chi connectivity index (χ3n) is 4.45. The number of carbonyl (C=O) groups excluding carboxylic acids is 2. The van der Waals surface area contributed by atoms with E-state index in [-0.39, 0.29) is 30.2 Å². The van der Waals surface area contributed by atoms with Gasteiger partial charge in [-0.25, -0.2) is 4.79 Å². The monoisotopic (exact) mass is 369 g/mol. The van der Waals surface area contributed by atoms with Crippen molar-refractivity contribution < 1.29 is 27.5 Å². The maximum absolute atomic E-state index is 12.7. The van der Waals surface area contributed by atoms with Gasteiger partial charge in [-0.3, -0.25) is 4.79 Å². The number of amides is 1. The molecule has 2 rings (SSSR count). The Balaban J connectivity index is 1.90. The summed E-state index contributed by atoms with van der Waals surface area (Å²) in [4.78, 5) is 25.7. The number of rotatable bonds is 4. The van der Waals surface area contributed by atoms with Crippen LogP contribution in [0.2, 0.25) is 0 Å². The lowest BCUT2D eigenvalue weighted by Crippen LogP contribution is -2.49. The summed E-state index contributed by atoms with van der Waals surface area (Å²) in [6.07, 6.45) is 0.698. The van der Waals surface area contributed by atoms with E-state index in [0.717, 1.165) is 37.5 Å². The lowest BCUT2D eigenvalue weighted by Gasteiger charge is -2.38. The Bertz CT molecular complexity index is 675. The van der Waals surface area contributed by atoms with Gasteiger partial charge in [0, 0.05) is 18.2 Å². The Morgan fingerprint density at radius 3 is 2.50 bits per heavy atom. The van der Waals surface area contributed by atoms with E-state index in [1.165, 1.54) is 18.2 Å². The van der Waals surface area contributed by atoms with E-state index >= 15 is 0 Å². The summed E-state index contributed by atoms with van der Waals surface area (Å²) in [5.41, 5.74) is -0.572. The molecule has 26 heavy (non-hydrogen) atoms. The Hall–Kier alpha value is -2.31. The third-order valence-corrected chi connectivity index (χ3v) is 4.45. The average Bonchev–Trinajstić information content (AvgIpc) is 2.57. The molecule has 0 N–H and O–H groups in total. The third kappa shape index (κ3) is 5.34. The average molecular weight is 369 g/mol. The summed E-state index contributed by atoms with van der Waals surface area (Å²) in [6.45, 7) is 3.55. The Kier molecular flexibility index (Phi) is 6.45. The first-order valence-electron chi connectivity index (χ1n) is 8.51. The molecule has 0 bridgehead atoms. The van der Waals surface area contributed by atoms with Crippen molar-refractivity contribution >= 4 is 18.0 Å². The quantitative estimate of drug-likeness (QED) is 0.594. The zero-order valence-corrected chi connectivity index (χ0v) is 14.8. The first kappa shape index (κ1) is 20.0. The molecule has 1 saturated heterocycles. The summed E-state index contributed by atoms with van der Waals surface area (Å²) >= 11 is 0. The second kappa shape index (κ2) is 8.38. The van der Waals surface area contributed by atoms with Crippen LogP contribution in [0.15, 0.2) is 30.3 Å². The van der Waals surface area contributed by atoms with Gasteiger partial charge in [0.15, 0.2) is 6.61 Å². The first-order valence-corrected chi connectivity index (χ1v) is 8.51. The van der Waals surface area contributed by atoms with E-state index in [1.54, 1.807) is 4.90 Å². The molecule has 2 atom stereocenters. The fourth-order valence-corrected chi connectivity index (χ4v) is 3.15. The highest BCUT2D eigenvalue weighted by molar-refractivity contribution is 5.89. The Morgan fingerprint density at radius 1 is 1.23 bits per heavy atom. The molecule has 0 aromatic heterocycles. The highest BCUT2D eigenvalue weighted by Gasteiger charge is 2.30. The van der Waals surface area contributed by atoms with Crippen molar-refractivity contribution in [1.29, 1.82) is 0 Å². The SMILES string of the molecule is C[C@H]1CCC[C@H](C)N1C(=O)COC(=O)/C=C/c1cccc(C(F)(F)F)c1. The predicted molar refractivity (Wildman–Crippen MR) is 91.1 cm³/mol. The van der Waals surface area contributed by atoms with Crippen LogP contribution in [-0.2, 0) is 20.5 Å². The summed E-state index contributed by atoms with van der Waals surface area (Å²) in [6, 6.07) is 4.80. The molecule has 4 nitrogen and oxygen atoms in total. The van der Waals surface area contributed by atoms with Gasteiger partial charge in [0.2, 0.25) is 0 Å². The number of benzene rings is 1. The molecule has 0 unspecified atom stereocenters. The largest absolute Gasteiger partial charge is 0.452 e. The molecule has 7 heteroatoms. The molecular weight excluding hydrogens is 347 g/mol. The molecule has 1 aromatic rings. The van der Waals surface area contributed by atoms with Crippen LogP contribution in [0.3, 0.4) is 0 Å². The molecule has 1 heterocycles. The number of esters is 1. The minimum atomic E-state index is -4.45. The van der Waals surface area contributed by atoms with Crippen LogP contribution in [0.4, 0.5) is 13.2 Å². The normalized spacial score (nSPS) is 21.0. The van der Waals surface area contributed by atoms with Crippen molar-refractivity contribution in [2.24, 2.45) is 0 Å². The minimum absolute atomic E-state index is 0.102. The number of halogens is 3. The van der Waals surface area contributed by atoms with E-state index in [0.29, 0.717) is 0 Å². The number of piperidine rings is 1. The number of hydrogen-bond donors (Lipinski definition) is 0. The molecule has 142 valence electrons. The zero-order chi connectivity index (χ0) is 19.3. The lowest BCUT2D eigenvalue weighted by molar-refractivity contribution is -0.151. The standard InChI is InChI=1S/C19H22F3NO3/c1-13-5-3-6-14(2)23(13)17(24)12-26-18(25)10-9-15-7-4-8-16(11-15)19(20,21)22/h4,7-11,13-14H,3,5-6,12H2,1-2H3/b10-9+/t13-,14-/m0/s1. The molecule has 1 amide bonds. The van der Waals surface area contributed by atoms with Crippen LogP contribution in [0.1, 0.15) is 44.2 Å². The number of likely N-dealkylation sites (tertiary alicyclic amines) is 1. The molecule has 0 radical (unpaired) electrons. The van der Waals surface area contributed by atoms with Gasteiger partial charge in [0.05, 0.1) is 5.56 Å². The van der Waals surface area contributed by atoms with Crippen LogP contribution in [0, 0.1) is 0 Å². The number of nitrogens with zero attached hydrogens (tertiary/aromatic N) is 1. The van der Waals surface area contributed by atoms with E-state index in [4.69, 9.17) is 4.74 Å². The second-order valence-corrected chi connectivity index (χ2v) is 6.49. The summed E-state index contributed by atoms with van der Waals surface area (Å²) < 4.78 is 42.9. The van der Waals surface area contributed by atoms with Crippen LogP contribution < -0.4 is 0 Å². The molecule has 1 fully saturated rings. The highest BCUT2D eigenvalue weighted by atomic mass is 19.4. The molecular formula is C19H22F3NO3. The van der Waals surface area contributed by atoms with Crippen LogP contribution >= 0.6 is 0 Å². The van der Waals surface area contributed by atoms with Gasteiger partial charge in [-0.05, 0) is 56.9 Å². The molecule has 1 aliphatic heterocycles. The van der Waals surface area contributed by atoms with Gasteiger partial charge in [-0.2, -0.15) is 13.2 Å². The van der Waals surface area contributed by atoms with Gasteiger partial charge >= 0.3 is 12.1 Å². The smallest absolute Gasteiger partial charge is 0.416 e. The van der Waals surface area contributed by atoms with Gasteiger partial charge in [0.25, 0.3) is 5.91 Å². The number of hydrogen-bond acceptors (Lipinski definition) is 3. The van der Waals surface area contributed by atoms with E-state index in [9.17, 15) is 22.8 Å². The van der Waals surface area contributed by atoms with Crippen LogP contribution in [0.25, 0.3) is 6.08 Å². The topological polar surface area (TPSA) is 46.6 Å².